The van der Waals surface area contributed by atoms with Crippen LogP contribution in [0.4, 0.5) is 15.6 Å². The molecule has 2 heterocycles. The number of carbonyl (C=O) groups excluding carboxylic acids is 1. The van der Waals surface area contributed by atoms with Gasteiger partial charge < -0.3 is 5.32 Å². The monoisotopic (exact) mass is 370 g/mol. The SMILES string of the molecule is O=C(Nc1ccc(Cl)c(Cl)c1)Nc1nnc(-c2cccs2)s1. The van der Waals surface area contributed by atoms with Crippen molar-refractivity contribution in [1.82, 2.24) is 10.2 Å². The van der Waals surface area contributed by atoms with Crippen LogP contribution in [0.3, 0.4) is 0 Å². The Bertz CT molecular complexity index is 804. The Morgan fingerprint density at radius 2 is 1.95 bits per heavy atom. The molecule has 22 heavy (non-hydrogen) atoms. The van der Waals surface area contributed by atoms with Gasteiger partial charge in [-0.25, -0.2) is 4.79 Å². The van der Waals surface area contributed by atoms with Crippen LogP contribution >= 0.6 is 45.9 Å². The smallest absolute Gasteiger partial charge is 0.308 e. The summed E-state index contributed by atoms with van der Waals surface area (Å²) in [5, 5.41) is 17.2. The zero-order valence-corrected chi connectivity index (χ0v) is 14.0. The van der Waals surface area contributed by atoms with E-state index in [0.29, 0.717) is 20.9 Å². The summed E-state index contributed by atoms with van der Waals surface area (Å²) in [5.41, 5.74) is 0.537. The number of halogens is 2. The van der Waals surface area contributed by atoms with Crippen LogP contribution in [0.25, 0.3) is 9.88 Å². The number of benzene rings is 1. The van der Waals surface area contributed by atoms with Gasteiger partial charge in [0, 0.05) is 5.69 Å². The van der Waals surface area contributed by atoms with Gasteiger partial charge in [-0.3, -0.25) is 5.32 Å². The Morgan fingerprint density at radius 1 is 1.09 bits per heavy atom. The van der Waals surface area contributed by atoms with Crippen molar-refractivity contribution in [2.45, 2.75) is 0 Å². The van der Waals surface area contributed by atoms with E-state index < -0.39 is 6.03 Å². The Balaban J connectivity index is 1.65. The molecule has 9 heteroatoms. The van der Waals surface area contributed by atoms with E-state index in [2.05, 4.69) is 20.8 Å². The number of hydrogen-bond donors (Lipinski definition) is 2. The molecule has 1 aromatic carbocycles. The molecule has 112 valence electrons. The van der Waals surface area contributed by atoms with Crippen molar-refractivity contribution in [3.8, 4) is 9.88 Å². The summed E-state index contributed by atoms with van der Waals surface area (Å²) in [6.45, 7) is 0. The van der Waals surface area contributed by atoms with Crippen LogP contribution < -0.4 is 10.6 Å². The maximum absolute atomic E-state index is 11.9. The Hall–Kier alpha value is -1.67. The van der Waals surface area contributed by atoms with Gasteiger partial charge in [0.05, 0.1) is 14.9 Å². The topological polar surface area (TPSA) is 66.9 Å². The van der Waals surface area contributed by atoms with Gasteiger partial charge in [0.2, 0.25) is 5.13 Å². The lowest BCUT2D eigenvalue weighted by Crippen LogP contribution is -2.19. The van der Waals surface area contributed by atoms with Crippen LogP contribution in [0.1, 0.15) is 0 Å². The van der Waals surface area contributed by atoms with E-state index in [1.165, 1.54) is 11.3 Å². The Kier molecular flexibility index (Phi) is 4.58. The molecule has 2 amide bonds. The lowest BCUT2D eigenvalue weighted by atomic mass is 10.3. The van der Waals surface area contributed by atoms with Crippen molar-refractivity contribution < 1.29 is 4.79 Å². The van der Waals surface area contributed by atoms with E-state index in [4.69, 9.17) is 23.2 Å². The molecular weight excluding hydrogens is 363 g/mol. The number of aromatic nitrogens is 2. The fourth-order valence-electron chi connectivity index (χ4n) is 1.61. The molecule has 3 aromatic rings. The van der Waals surface area contributed by atoms with E-state index in [1.54, 1.807) is 29.5 Å². The van der Waals surface area contributed by atoms with Gasteiger partial charge >= 0.3 is 6.03 Å². The number of anilines is 2. The van der Waals surface area contributed by atoms with Crippen molar-refractivity contribution in [3.63, 3.8) is 0 Å². The molecule has 0 saturated carbocycles. The highest BCUT2D eigenvalue weighted by atomic mass is 35.5. The maximum Gasteiger partial charge on any atom is 0.325 e. The fourth-order valence-corrected chi connectivity index (χ4v) is 3.44. The van der Waals surface area contributed by atoms with Crippen molar-refractivity contribution in [1.29, 1.82) is 0 Å². The van der Waals surface area contributed by atoms with Crippen molar-refractivity contribution in [2.75, 3.05) is 10.6 Å². The van der Waals surface area contributed by atoms with Gasteiger partial charge in [-0.1, -0.05) is 40.6 Å². The van der Waals surface area contributed by atoms with E-state index >= 15 is 0 Å². The first-order valence-corrected chi connectivity index (χ1v) is 8.47. The predicted molar refractivity (Wildman–Crippen MR) is 92.3 cm³/mol. The van der Waals surface area contributed by atoms with Gasteiger partial charge in [-0.2, -0.15) is 0 Å². The largest absolute Gasteiger partial charge is 0.325 e. The lowest BCUT2D eigenvalue weighted by Gasteiger charge is -2.05. The fraction of sp³-hybridized carbons (Fsp3) is 0. The molecule has 3 rings (SSSR count). The molecule has 5 nitrogen and oxygen atoms in total. The molecule has 2 N–H and O–H groups in total. The van der Waals surface area contributed by atoms with E-state index in [0.717, 1.165) is 9.88 Å². The molecule has 0 spiro atoms. The minimum atomic E-state index is -0.424. The average Bonchev–Trinajstić information content (AvgIpc) is 3.13. The number of thiophene rings is 1. The highest BCUT2D eigenvalue weighted by molar-refractivity contribution is 7.23. The third-order valence-corrected chi connectivity index (χ3v) is 5.17. The van der Waals surface area contributed by atoms with Crippen LogP contribution in [-0.2, 0) is 0 Å². The summed E-state index contributed by atoms with van der Waals surface area (Å²) < 4.78 is 0. The second-order valence-corrected chi connectivity index (χ2v) is 6.84. The van der Waals surface area contributed by atoms with E-state index in [9.17, 15) is 4.79 Å². The first-order valence-electron chi connectivity index (χ1n) is 6.02. The molecule has 0 bridgehead atoms. The van der Waals surface area contributed by atoms with E-state index in [-0.39, 0.29) is 0 Å². The summed E-state index contributed by atoms with van der Waals surface area (Å²) in [6.07, 6.45) is 0. The number of urea groups is 1. The minimum absolute atomic E-state index is 0.371. The van der Waals surface area contributed by atoms with E-state index in [1.807, 2.05) is 17.5 Å². The summed E-state index contributed by atoms with van der Waals surface area (Å²) in [5.74, 6) is 0. The number of nitrogens with zero attached hydrogens (tertiary/aromatic N) is 2. The predicted octanol–water partition coefficient (Wildman–Crippen LogP) is 5.22. The van der Waals surface area contributed by atoms with Crippen molar-refractivity contribution in [3.05, 3.63) is 45.8 Å². The molecule has 0 atom stereocenters. The van der Waals surface area contributed by atoms with Gasteiger partial charge in [-0.15, -0.1) is 21.5 Å². The number of hydrogen-bond acceptors (Lipinski definition) is 5. The average molecular weight is 371 g/mol. The quantitative estimate of drug-likeness (QED) is 0.664. The zero-order valence-electron chi connectivity index (χ0n) is 10.8. The van der Waals surface area contributed by atoms with Crippen LogP contribution in [0.2, 0.25) is 10.0 Å². The van der Waals surface area contributed by atoms with Crippen molar-refractivity contribution >= 4 is 62.7 Å². The highest BCUT2D eigenvalue weighted by Gasteiger charge is 2.10. The molecule has 0 aliphatic carbocycles. The normalized spacial score (nSPS) is 10.5. The highest BCUT2D eigenvalue weighted by Crippen LogP contribution is 2.30. The molecule has 0 radical (unpaired) electrons. The Labute approximate surface area is 143 Å². The lowest BCUT2D eigenvalue weighted by molar-refractivity contribution is 0.262. The number of amides is 2. The zero-order chi connectivity index (χ0) is 15.5. The van der Waals surface area contributed by atoms with Gasteiger partial charge in [-0.05, 0) is 29.6 Å². The summed E-state index contributed by atoms with van der Waals surface area (Å²) in [6, 6.07) is 8.30. The maximum atomic E-state index is 11.9. The van der Waals surface area contributed by atoms with Crippen LogP contribution in [0, 0.1) is 0 Å². The van der Waals surface area contributed by atoms with Gasteiger partial charge in [0.25, 0.3) is 0 Å². The van der Waals surface area contributed by atoms with Crippen LogP contribution in [0.5, 0.6) is 0 Å². The second kappa shape index (κ2) is 6.62. The number of rotatable bonds is 3. The molecule has 0 saturated heterocycles. The minimum Gasteiger partial charge on any atom is -0.308 e. The number of carbonyl (C=O) groups is 1. The third-order valence-electron chi connectivity index (χ3n) is 2.55. The number of nitrogens with one attached hydrogen (secondary N) is 2. The first kappa shape index (κ1) is 15.2. The molecule has 0 fully saturated rings. The Morgan fingerprint density at radius 3 is 2.68 bits per heavy atom. The summed E-state index contributed by atoms with van der Waals surface area (Å²) in [4.78, 5) is 12.9. The first-order chi connectivity index (χ1) is 10.6. The van der Waals surface area contributed by atoms with Crippen LogP contribution in [-0.4, -0.2) is 16.2 Å². The standard InChI is InChI=1S/C13H8Cl2N4OS2/c14-8-4-3-7(6-9(8)15)16-12(20)17-13-19-18-11(22-13)10-2-1-5-21-10/h1-6H,(H2,16,17,19,20). The molecule has 0 aliphatic rings. The molecule has 2 aromatic heterocycles. The third kappa shape index (κ3) is 3.56. The van der Waals surface area contributed by atoms with Gasteiger partial charge in [0.15, 0.2) is 5.01 Å². The molecule has 0 aliphatic heterocycles. The van der Waals surface area contributed by atoms with Crippen molar-refractivity contribution in [2.24, 2.45) is 0 Å². The van der Waals surface area contributed by atoms with Crippen LogP contribution in [0.15, 0.2) is 35.7 Å². The van der Waals surface area contributed by atoms with Gasteiger partial charge in [0.1, 0.15) is 0 Å². The molecular formula is C13H8Cl2N4OS2. The molecule has 0 unspecified atom stereocenters. The second-order valence-electron chi connectivity index (χ2n) is 4.10. The summed E-state index contributed by atoms with van der Waals surface area (Å²) in [7, 11) is 0. The summed E-state index contributed by atoms with van der Waals surface area (Å²) >= 11 is 14.6.